The van der Waals surface area contributed by atoms with Gasteiger partial charge in [-0.15, -0.1) is 0 Å². The van der Waals surface area contributed by atoms with Crippen LogP contribution in [-0.2, 0) is 9.53 Å². The molecule has 0 heterocycles. The van der Waals surface area contributed by atoms with E-state index in [4.69, 9.17) is 11.6 Å². The summed E-state index contributed by atoms with van der Waals surface area (Å²) in [6.45, 7) is 0. The molecule has 1 rings (SSSR count). The normalized spacial score (nSPS) is 12.3. The van der Waals surface area contributed by atoms with Gasteiger partial charge in [0.1, 0.15) is 10.6 Å². The zero-order valence-corrected chi connectivity index (χ0v) is 9.60. The van der Waals surface area contributed by atoms with Crippen molar-refractivity contribution in [3.63, 3.8) is 0 Å². The van der Waals surface area contributed by atoms with Gasteiger partial charge < -0.3 is 4.74 Å². The summed E-state index contributed by atoms with van der Waals surface area (Å²) in [5.41, 5.74) is 0.0982. The highest BCUT2D eigenvalue weighted by Gasteiger charge is 2.23. The Kier molecular flexibility index (Phi) is 3.89. The highest BCUT2D eigenvalue weighted by atomic mass is 79.9. The maximum absolute atomic E-state index is 13.3. The lowest BCUT2D eigenvalue weighted by molar-refractivity contribution is -0.139. The monoisotopic (exact) mass is 280 g/mol. The Balaban J connectivity index is 3.11. The molecule has 5 heteroatoms. The van der Waals surface area contributed by atoms with Crippen LogP contribution in [0.1, 0.15) is 10.4 Å². The number of halogens is 3. The van der Waals surface area contributed by atoms with Gasteiger partial charge in [0.15, 0.2) is 0 Å². The number of methoxy groups -OCH3 is 1. The van der Waals surface area contributed by atoms with E-state index >= 15 is 0 Å². The van der Waals surface area contributed by atoms with Gasteiger partial charge >= 0.3 is 5.97 Å². The molecule has 1 aromatic rings. The number of esters is 1. The number of rotatable bonds is 2. The fraction of sp³-hybridized carbons (Fsp3) is 0.222. The molecule has 0 bridgehead atoms. The number of hydrogen-bond acceptors (Lipinski definition) is 2. The molecular formula is C9H7BrClFO2. The minimum absolute atomic E-state index is 0.0982. The number of alkyl halides is 1. The first-order chi connectivity index (χ1) is 6.57. The van der Waals surface area contributed by atoms with Crippen LogP contribution in [0.25, 0.3) is 0 Å². The molecule has 0 radical (unpaired) electrons. The average Bonchev–Trinajstić information content (AvgIpc) is 2.16. The summed E-state index contributed by atoms with van der Waals surface area (Å²) >= 11 is 8.76. The lowest BCUT2D eigenvalue weighted by atomic mass is 10.1. The van der Waals surface area contributed by atoms with Crippen molar-refractivity contribution in [2.45, 2.75) is 4.83 Å². The quantitative estimate of drug-likeness (QED) is 0.615. The van der Waals surface area contributed by atoms with Crippen molar-refractivity contribution in [1.29, 1.82) is 0 Å². The number of carbonyl (C=O) groups excluding carboxylic acids is 1. The Labute approximate surface area is 94.1 Å². The largest absolute Gasteiger partial charge is 0.468 e. The Morgan fingerprint density at radius 3 is 2.79 bits per heavy atom. The molecule has 0 saturated heterocycles. The van der Waals surface area contributed by atoms with E-state index in [0.717, 1.165) is 0 Å². The van der Waals surface area contributed by atoms with Crippen LogP contribution in [0.3, 0.4) is 0 Å². The van der Waals surface area contributed by atoms with E-state index in [2.05, 4.69) is 20.7 Å². The SMILES string of the molecule is COC(=O)[C@@H](Br)c1c(F)cccc1Cl. The van der Waals surface area contributed by atoms with E-state index in [0.29, 0.717) is 0 Å². The highest BCUT2D eigenvalue weighted by molar-refractivity contribution is 9.09. The van der Waals surface area contributed by atoms with E-state index in [-0.39, 0.29) is 10.6 Å². The molecule has 0 aromatic heterocycles. The first-order valence-electron chi connectivity index (χ1n) is 3.73. The first kappa shape index (κ1) is 11.5. The van der Waals surface area contributed by atoms with Crippen molar-refractivity contribution in [3.05, 3.63) is 34.6 Å². The fourth-order valence-corrected chi connectivity index (χ4v) is 2.03. The standard InChI is InChI=1S/C9H7BrClFO2/c1-14-9(13)8(10)7-5(11)3-2-4-6(7)12/h2-4,8H,1H3/t8-/m0/s1. The van der Waals surface area contributed by atoms with Gasteiger partial charge in [-0.3, -0.25) is 4.79 Å². The summed E-state index contributed by atoms with van der Waals surface area (Å²) in [6.07, 6.45) is 0. The Morgan fingerprint density at radius 1 is 1.64 bits per heavy atom. The molecule has 0 saturated carbocycles. The third-order valence-electron chi connectivity index (χ3n) is 1.66. The van der Waals surface area contributed by atoms with Crippen LogP contribution in [0.15, 0.2) is 18.2 Å². The van der Waals surface area contributed by atoms with Crippen molar-refractivity contribution in [3.8, 4) is 0 Å². The van der Waals surface area contributed by atoms with Crippen LogP contribution in [0.5, 0.6) is 0 Å². The van der Waals surface area contributed by atoms with Gasteiger partial charge in [-0.1, -0.05) is 33.6 Å². The molecule has 0 spiro atoms. The van der Waals surface area contributed by atoms with Gasteiger partial charge in [0.05, 0.1) is 7.11 Å². The van der Waals surface area contributed by atoms with Gasteiger partial charge in [-0.2, -0.15) is 0 Å². The van der Waals surface area contributed by atoms with Gasteiger partial charge in [0.2, 0.25) is 0 Å². The molecule has 0 unspecified atom stereocenters. The zero-order valence-electron chi connectivity index (χ0n) is 7.26. The predicted molar refractivity (Wildman–Crippen MR) is 55.1 cm³/mol. The second-order valence-electron chi connectivity index (χ2n) is 2.52. The van der Waals surface area contributed by atoms with Crippen LogP contribution < -0.4 is 0 Å². The van der Waals surface area contributed by atoms with E-state index in [1.807, 2.05) is 0 Å². The molecular weight excluding hydrogens is 274 g/mol. The van der Waals surface area contributed by atoms with Gasteiger partial charge in [-0.25, -0.2) is 4.39 Å². The maximum atomic E-state index is 13.3. The fourth-order valence-electron chi connectivity index (χ4n) is 0.974. The molecule has 0 N–H and O–H groups in total. The van der Waals surface area contributed by atoms with E-state index in [1.54, 1.807) is 0 Å². The highest BCUT2D eigenvalue weighted by Crippen LogP contribution is 2.32. The lowest BCUT2D eigenvalue weighted by Crippen LogP contribution is -2.10. The minimum Gasteiger partial charge on any atom is -0.468 e. The molecule has 0 aliphatic heterocycles. The first-order valence-corrected chi connectivity index (χ1v) is 5.03. The average molecular weight is 282 g/mol. The summed E-state index contributed by atoms with van der Waals surface area (Å²) < 4.78 is 17.7. The Morgan fingerprint density at radius 2 is 2.29 bits per heavy atom. The molecule has 14 heavy (non-hydrogen) atoms. The van der Waals surface area contributed by atoms with Crippen molar-refractivity contribution in [2.24, 2.45) is 0 Å². The molecule has 76 valence electrons. The zero-order chi connectivity index (χ0) is 10.7. The third-order valence-corrected chi connectivity index (χ3v) is 2.82. The summed E-state index contributed by atoms with van der Waals surface area (Å²) in [5, 5.41) is 0.192. The number of benzene rings is 1. The second kappa shape index (κ2) is 4.75. The van der Waals surface area contributed by atoms with E-state index in [9.17, 15) is 9.18 Å². The van der Waals surface area contributed by atoms with Crippen LogP contribution in [0.4, 0.5) is 4.39 Å². The van der Waals surface area contributed by atoms with E-state index < -0.39 is 16.6 Å². The summed E-state index contributed by atoms with van der Waals surface area (Å²) in [4.78, 5) is 10.2. The van der Waals surface area contributed by atoms with Crippen LogP contribution in [0.2, 0.25) is 5.02 Å². The van der Waals surface area contributed by atoms with Crippen LogP contribution in [-0.4, -0.2) is 13.1 Å². The maximum Gasteiger partial charge on any atom is 0.324 e. The van der Waals surface area contributed by atoms with Crippen molar-refractivity contribution < 1.29 is 13.9 Å². The topological polar surface area (TPSA) is 26.3 Å². The molecule has 2 nitrogen and oxygen atoms in total. The predicted octanol–water partition coefficient (Wildman–Crippen LogP) is 3.09. The van der Waals surface area contributed by atoms with Gasteiger partial charge in [-0.05, 0) is 12.1 Å². The lowest BCUT2D eigenvalue weighted by Gasteiger charge is -2.10. The Hall–Kier alpha value is -0.610. The molecule has 0 aliphatic rings. The molecule has 1 atom stereocenters. The Bertz CT molecular complexity index is 336. The third kappa shape index (κ3) is 2.25. The second-order valence-corrected chi connectivity index (χ2v) is 3.84. The van der Waals surface area contributed by atoms with E-state index in [1.165, 1.54) is 25.3 Å². The number of ether oxygens (including phenoxy) is 1. The molecule has 0 amide bonds. The summed E-state index contributed by atoms with van der Waals surface area (Å²) in [5.74, 6) is -1.12. The number of carbonyl (C=O) groups is 1. The van der Waals surface area contributed by atoms with Gasteiger partial charge in [0, 0.05) is 10.6 Å². The summed E-state index contributed by atoms with van der Waals surface area (Å²) in [6, 6.07) is 4.22. The van der Waals surface area contributed by atoms with Gasteiger partial charge in [0.25, 0.3) is 0 Å². The van der Waals surface area contributed by atoms with Crippen molar-refractivity contribution >= 4 is 33.5 Å². The van der Waals surface area contributed by atoms with Crippen LogP contribution >= 0.6 is 27.5 Å². The molecule has 0 fully saturated rings. The van der Waals surface area contributed by atoms with Crippen LogP contribution in [0, 0.1) is 5.82 Å². The summed E-state index contributed by atoms with van der Waals surface area (Å²) in [7, 11) is 1.23. The number of hydrogen-bond donors (Lipinski definition) is 0. The minimum atomic E-state index is -0.874. The van der Waals surface area contributed by atoms with Crippen molar-refractivity contribution in [1.82, 2.24) is 0 Å². The smallest absolute Gasteiger partial charge is 0.324 e. The molecule has 1 aromatic carbocycles. The van der Waals surface area contributed by atoms with Crippen molar-refractivity contribution in [2.75, 3.05) is 7.11 Å². The molecule has 0 aliphatic carbocycles.